The Kier molecular flexibility index (Phi) is 13.4. The maximum Gasteiger partial charge on any atom is 0.522 e. The van der Waals surface area contributed by atoms with Gasteiger partial charge in [-0.1, -0.05) is 48.5 Å². The van der Waals surface area contributed by atoms with Crippen molar-refractivity contribution in [2.24, 2.45) is 0 Å². The molecule has 264 valence electrons. The van der Waals surface area contributed by atoms with Crippen LogP contribution in [-0.2, 0) is 24.4 Å². The fraction of sp³-hybridized carbons (Fsp3) is 0.333. The molecule has 1 aliphatic rings. The lowest BCUT2D eigenvalue weighted by atomic mass is 10.1. The number of rotatable bonds is 10. The van der Waals surface area contributed by atoms with E-state index >= 15 is 0 Å². The average molecular weight is 711 g/mol. The van der Waals surface area contributed by atoms with E-state index in [2.05, 4.69) is 20.6 Å². The molecule has 2 heterocycles. The Balaban J connectivity index is 0.000000723. The number of nitrogens with zero attached hydrogens (tertiary/aromatic N) is 4. The molecule has 15 nitrogen and oxygen atoms in total. The number of aromatic nitrogens is 2. The van der Waals surface area contributed by atoms with E-state index in [0.717, 1.165) is 5.69 Å². The van der Waals surface area contributed by atoms with Crippen molar-refractivity contribution in [3.8, 4) is 11.4 Å². The fourth-order valence-electron chi connectivity index (χ4n) is 4.32. The summed E-state index contributed by atoms with van der Waals surface area (Å²) in [6.45, 7) is 2.96. The Morgan fingerprint density at radius 3 is 2.02 bits per heavy atom. The standard InChI is InChI=1S/C29H32N6O6.CHF3O3S/c1-2-41-29(40)35-17-15-34(16-18-35)28(39)22(13-14-25(36)37)32-27(38)23-19-24(30-21-11-7-4-8-12-21)33-26(31-23)20-9-5-3-6-10-20;2-1(3,4)8(5,6)7/h3-12,19,22H,2,13-18H2,1H3,(H,32,38)(H,36,37)(H,30,31,33);(H,5,6,7)/t22-;/m0./s1. The first-order valence-corrected chi connectivity index (χ1v) is 16.1. The number of carboxylic acids is 1. The molecule has 0 bridgehead atoms. The Morgan fingerprint density at radius 1 is 0.939 bits per heavy atom. The molecule has 1 fully saturated rings. The highest BCUT2D eigenvalue weighted by molar-refractivity contribution is 7.86. The van der Waals surface area contributed by atoms with Crippen LogP contribution >= 0.6 is 0 Å². The number of benzene rings is 2. The summed E-state index contributed by atoms with van der Waals surface area (Å²) in [5, 5.41) is 15.1. The van der Waals surface area contributed by atoms with Crippen molar-refractivity contribution in [2.45, 2.75) is 31.3 Å². The number of hydrogen-bond donors (Lipinski definition) is 4. The van der Waals surface area contributed by atoms with Gasteiger partial charge in [0, 0.05) is 49.9 Å². The molecule has 0 radical (unpaired) electrons. The minimum absolute atomic E-state index is 0.0116. The Morgan fingerprint density at radius 2 is 1.49 bits per heavy atom. The molecule has 1 saturated heterocycles. The zero-order chi connectivity index (χ0) is 36.2. The molecule has 2 aromatic carbocycles. The predicted molar refractivity (Wildman–Crippen MR) is 168 cm³/mol. The number of amides is 3. The molecule has 1 aliphatic heterocycles. The summed E-state index contributed by atoms with van der Waals surface area (Å²) in [4.78, 5) is 62.3. The number of hydrogen-bond acceptors (Lipinski definition) is 10. The first-order valence-electron chi connectivity index (χ1n) is 14.6. The lowest BCUT2D eigenvalue weighted by molar-refractivity contribution is -0.138. The molecule has 3 amide bonds. The van der Waals surface area contributed by atoms with E-state index in [-0.39, 0.29) is 51.3 Å². The van der Waals surface area contributed by atoms with E-state index in [9.17, 15) is 37.5 Å². The highest BCUT2D eigenvalue weighted by Crippen LogP contribution is 2.22. The van der Waals surface area contributed by atoms with Gasteiger partial charge >= 0.3 is 27.7 Å². The third-order valence-electron chi connectivity index (χ3n) is 6.70. The fourth-order valence-corrected chi connectivity index (χ4v) is 4.32. The highest BCUT2D eigenvalue weighted by atomic mass is 32.2. The molecule has 4 N–H and O–H groups in total. The molecule has 0 aliphatic carbocycles. The number of ether oxygens (including phenoxy) is 1. The molecule has 1 aromatic heterocycles. The van der Waals surface area contributed by atoms with E-state index in [1.807, 2.05) is 60.7 Å². The predicted octanol–water partition coefficient (Wildman–Crippen LogP) is 3.55. The molecule has 1 atom stereocenters. The van der Waals surface area contributed by atoms with Crippen LogP contribution in [0, 0.1) is 0 Å². The van der Waals surface area contributed by atoms with Gasteiger partial charge in [-0.2, -0.15) is 21.6 Å². The maximum absolute atomic E-state index is 13.5. The number of anilines is 2. The Labute approximate surface area is 278 Å². The van der Waals surface area contributed by atoms with Crippen molar-refractivity contribution in [3.05, 3.63) is 72.4 Å². The van der Waals surface area contributed by atoms with Gasteiger partial charge in [0.2, 0.25) is 5.91 Å². The van der Waals surface area contributed by atoms with E-state index in [1.165, 1.54) is 15.9 Å². The van der Waals surface area contributed by atoms with Crippen molar-refractivity contribution in [2.75, 3.05) is 38.1 Å². The number of para-hydroxylation sites is 1. The van der Waals surface area contributed by atoms with Crippen LogP contribution < -0.4 is 10.6 Å². The second-order valence-corrected chi connectivity index (χ2v) is 11.6. The summed E-state index contributed by atoms with van der Waals surface area (Å²) < 4.78 is 62.6. The molecular formula is C30H33F3N6O9S. The van der Waals surface area contributed by atoms with Crippen LogP contribution in [0.15, 0.2) is 66.7 Å². The largest absolute Gasteiger partial charge is 0.522 e. The van der Waals surface area contributed by atoms with Crippen LogP contribution in [0.3, 0.4) is 0 Å². The molecule has 0 saturated carbocycles. The minimum atomic E-state index is -5.84. The van der Waals surface area contributed by atoms with Gasteiger partial charge in [0.25, 0.3) is 5.91 Å². The quantitative estimate of drug-likeness (QED) is 0.176. The topological polar surface area (TPSA) is 208 Å². The lowest BCUT2D eigenvalue weighted by Gasteiger charge is -2.35. The molecular weight excluding hydrogens is 677 g/mol. The maximum atomic E-state index is 13.5. The van der Waals surface area contributed by atoms with E-state index < -0.39 is 45.5 Å². The summed E-state index contributed by atoms with van der Waals surface area (Å²) in [6.07, 6.45) is -0.878. The Bertz CT molecular complexity index is 1710. The molecule has 0 spiro atoms. The zero-order valence-electron chi connectivity index (χ0n) is 26.0. The molecule has 19 heteroatoms. The summed E-state index contributed by atoms with van der Waals surface area (Å²) in [7, 11) is -5.84. The smallest absolute Gasteiger partial charge is 0.481 e. The highest BCUT2D eigenvalue weighted by Gasteiger charge is 2.44. The Hall–Kier alpha value is -5.30. The molecule has 3 aromatic rings. The van der Waals surface area contributed by atoms with Gasteiger partial charge in [-0.25, -0.2) is 14.8 Å². The van der Waals surface area contributed by atoms with E-state index in [4.69, 9.17) is 17.7 Å². The number of carbonyl (C=O) groups excluding carboxylic acids is 3. The van der Waals surface area contributed by atoms with Crippen LogP contribution in [0.1, 0.15) is 30.3 Å². The second kappa shape index (κ2) is 17.2. The van der Waals surface area contributed by atoms with Crippen LogP contribution in [0.4, 0.5) is 29.5 Å². The second-order valence-electron chi connectivity index (χ2n) is 10.2. The van der Waals surface area contributed by atoms with Crippen molar-refractivity contribution in [1.82, 2.24) is 25.1 Å². The van der Waals surface area contributed by atoms with Crippen molar-refractivity contribution < 1.29 is 55.2 Å². The summed E-state index contributed by atoms with van der Waals surface area (Å²) >= 11 is 0. The summed E-state index contributed by atoms with van der Waals surface area (Å²) in [5.74, 6) is -1.48. The van der Waals surface area contributed by atoms with E-state index in [0.29, 0.717) is 17.2 Å². The first kappa shape index (κ1) is 38.2. The third kappa shape index (κ3) is 11.7. The van der Waals surface area contributed by atoms with Gasteiger partial charge in [-0.15, -0.1) is 0 Å². The summed E-state index contributed by atoms with van der Waals surface area (Å²) in [5.41, 5.74) is -4.07. The number of aliphatic carboxylic acids is 1. The number of piperazine rings is 1. The van der Waals surface area contributed by atoms with Crippen molar-refractivity contribution in [1.29, 1.82) is 0 Å². The van der Waals surface area contributed by atoms with Crippen LogP contribution in [-0.4, -0.2) is 106 Å². The normalized spacial score (nSPS) is 13.7. The third-order valence-corrected chi connectivity index (χ3v) is 7.28. The minimum Gasteiger partial charge on any atom is -0.481 e. The van der Waals surface area contributed by atoms with Gasteiger partial charge in [0.15, 0.2) is 5.82 Å². The van der Waals surface area contributed by atoms with Crippen molar-refractivity contribution in [3.63, 3.8) is 0 Å². The average Bonchev–Trinajstić information content (AvgIpc) is 3.06. The van der Waals surface area contributed by atoms with E-state index in [1.54, 1.807) is 6.92 Å². The lowest BCUT2D eigenvalue weighted by Crippen LogP contribution is -2.56. The van der Waals surface area contributed by atoms with Crippen LogP contribution in [0.25, 0.3) is 11.4 Å². The SMILES string of the molecule is CCOC(=O)N1CCN(C(=O)[C@H](CCC(=O)O)NC(=O)c2cc(Nc3ccccc3)nc(-c3ccccc3)n2)CC1.O=S(=O)(O)C(F)(F)F. The van der Waals surface area contributed by atoms with Crippen molar-refractivity contribution >= 4 is 45.5 Å². The molecule has 49 heavy (non-hydrogen) atoms. The summed E-state index contributed by atoms with van der Waals surface area (Å²) in [6, 6.07) is 18.8. The molecule has 0 unspecified atom stereocenters. The van der Waals surface area contributed by atoms with Gasteiger partial charge in [-0.3, -0.25) is 18.9 Å². The van der Waals surface area contributed by atoms with Gasteiger partial charge in [0.1, 0.15) is 17.6 Å². The van der Waals surface area contributed by atoms with Gasteiger partial charge in [0.05, 0.1) is 6.61 Å². The first-order chi connectivity index (χ1) is 23.1. The number of nitrogens with one attached hydrogen (secondary N) is 2. The number of alkyl halides is 3. The number of carboxylic acid groups (broad SMARTS) is 1. The zero-order valence-corrected chi connectivity index (χ0v) is 26.8. The number of carbonyl (C=O) groups is 4. The molecule has 4 rings (SSSR count). The van der Waals surface area contributed by atoms with Crippen LogP contribution in [0.5, 0.6) is 0 Å². The van der Waals surface area contributed by atoms with Crippen LogP contribution in [0.2, 0.25) is 0 Å². The number of halogens is 3. The van der Waals surface area contributed by atoms with Gasteiger partial charge < -0.3 is 30.3 Å². The monoisotopic (exact) mass is 710 g/mol. The van der Waals surface area contributed by atoms with Gasteiger partial charge in [-0.05, 0) is 25.5 Å².